The molecule has 0 saturated carbocycles. The molecule has 2 rings (SSSR count). The molecule has 1 aliphatic rings. The highest BCUT2D eigenvalue weighted by Gasteiger charge is 2.27. The molecule has 1 fully saturated rings. The summed E-state index contributed by atoms with van der Waals surface area (Å²) in [6.45, 7) is 7.77. The molecule has 0 unspecified atom stereocenters. The molecule has 0 radical (unpaired) electrons. The maximum atomic E-state index is 13.7. The van der Waals surface area contributed by atoms with Crippen molar-refractivity contribution in [1.82, 2.24) is 0 Å². The summed E-state index contributed by atoms with van der Waals surface area (Å²) in [6, 6.07) is 4.80. The predicted molar refractivity (Wildman–Crippen MR) is 75.3 cm³/mol. The lowest BCUT2D eigenvalue weighted by atomic mass is 10.2. The molecule has 0 bridgehead atoms. The van der Waals surface area contributed by atoms with Crippen molar-refractivity contribution in [3.05, 3.63) is 29.6 Å². The molecular weight excluding hydrogens is 259 g/mol. The number of hydrogen-bond donors (Lipinski definition) is 2. The lowest BCUT2D eigenvalue weighted by Gasteiger charge is -2.31. The Kier molecular flexibility index (Phi) is 4.73. The van der Waals surface area contributed by atoms with Crippen LogP contribution >= 0.6 is 0 Å². The Morgan fingerprint density at radius 1 is 1.40 bits per heavy atom. The zero-order valence-electron chi connectivity index (χ0n) is 12.2. The number of halogens is 1. The predicted octanol–water partition coefficient (Wildman–Crippen LogP) is 0.765. The molecule has 0 spiro atoms. The van der Waals surface area contributed by atoms with Crippen LogP contribution in [0, 0.1) is 12.7 Å². The van der Waals surface area contributed by atoms with Crippen molar-refractivity contribution in [1.29, 1.82) is 0 Å². The van der Waals surface area contributed by atoms with Gasteiger partial charge in [0.15, 0.2) is 6.54 Å². The Labute approximate surface area is 118 Å². The van der Waals surface area contributed by atoms with E-state index < -0.39 is 5.82 Å². The van der Waals surface area contributed by atoms with Gasteiger partial charge in [-0.15, -0.1) is 0 Å². The Balaban J connectivity index is 1.92. The Morgan fingerprint density at radius 3 is 2.65 bits per heavy atom. The molecule has 1 heterocycles. The molecule has 0 aliphatic carbocycles. The van der Waals surface area contributed by atoms with Crippen molar-refractivity contribution in [2.75, 3.05) is 25.0 Å². The van der Waals surface area contributed by atoms with Crippen LogP contribution in [0.3, 0.4) is 0 Å². The Morgan fingerprint density at radius 2 is 2.05 bits per heavy atom. The average Bonchev–Trinajstić information content (AvgIpc) is 2.31. The number of quaternary nitrogens is 1. The number of rotatable bonds is 3. The lowest BCUT2D eigenvalue weighted by molar-refractivity contribution is -0.907. The minimum atomic E-state index is -0.392. The molecule has 1 amide bonds. The molecule has 2 N–H and O–H groups in total. The zero-order chi connectivity index (χ0) is 14.7. The first-order valence-corrected chi connectivity index (χ1v) is 6.99. The van der Waals surface area contributed by atoms with Crippen LogP contribution < -0.4 is 10.2 Å². The van der Waals surface area contributed by atoms with Crippen LogP contribution in [-0.2, 0) is 9.53 Å². The number of anilines is 1. The maximum Gasteiger partial charge on any atom is 0.279 e. The van der Waals surface area contributed by atoms with Gasteiger partial charge in [0.2, 0.25) is 0 Å². The van der Waals surface area contributed by atoms with Gasteiger partial charge in [-0.3, -0.25) is 4.79 Å². The van der Waals surface area contributed by atoms with E-state index in [1.54, 1.807) is 12.1 Å². The molecule has 1 aliphatic heterocycles. The molecule has 0 aromatic heterocycles. The highest BCUT2D eigenvalue weighted by Crippen LogP contribution is 2.14. The van der Waals surface area contributed by atoms with Gasteiger partial charge in [-0.05, 0) is 38.5 Å². The molecule has 20 heavy (non-hydrogen) atoms. The van der Waals surface area contributed by atoms with Crippen LogP contribution in [-0.4, -0.2) is 37.7 Å². The summed E-state index contributed by atoms with van der Waals surface area (Å²) in [5.41, 5.74) is 1.08. The van der Waals surface area contributed by atoms with E-state index in [-0.39, 0.29) is 23.8 Å². The SMILES string of the molecule is Cc1ccc(NC(=O)C[NH+]2C[C@@H](C)O[C@H](C)C2)c(F)c1. The van der Waals surface area contributed by atoms with Crippen LogP contribution in [0.5, 0.6) is 0 Å². The number of ether oxygens (including phenoxy) is 1. The van der Waals surface area contributed by atoms with Gasteiger partial charge in [0, 0.05) is 0 Å². The third-order valence-electron chi connectivity index (χ3n) is 3.43. The van der Waals surface area contributed by atoms with Crippen molar-refractivity contribution in [3.8, 4) is 0 Å². The van der Waals surface area contributed by atoms with Gasteiger partial charge in [0.1, 0.15) is 31.1 Å². The topological polar surface area (TPSA) is 42.8 Å². The highest BCUT2D eigenvalue weighted by atomic mass is 19.1. The molecule has 1 aromatic carbocycles. The van der Waals surface area contributed by atoms with Crippen molar-refractivity contribution in [2.24, 2.45) is 0 Å². The minimum absolute atomic E-state index is 0.151. The van der Waals surface area contributed by atoms with Gasteiger partial charge in [0.25, 0.3) is 5.91 Å². The standard InChI is InChI=1S/C15H21FN2O2/c1-10-4-5-14(13(16)6-10)17-15(19)9-18-7-11(2)20-12(3)8-18/h4-6,11-12H,7-9H2,1-3H3,(H,17,19)/p+1/t11-,12-/m1/s1. The number of morpholine rings is 1. The number of amides is 1. The number of benzene rings is 1. The monoisotopic (exact) mass is 281 g/mol. The van der Waals surface area contributed by atoms with Gasteiger partial charge in [-0.25, -0.2) is 4.39 Å². The van der Waals surface area contributed by atoms with Crippen molar-refractivity contribution < 1.29 is 18.8 Å². The number of carbonyl (C=O) groups is 1. The zero-order valence-corrected chi connectivity index (χ0v) is 12.2. The van der Waals surface area contributed by atoms with Crippen LogP contribution in [0.1, 0.15) is 19.4 Å². The van der Waals surface area contributed by atoms with Crippen molar-refractivity contribution in [3.63, 3.8) is 0 Å². The van der Waals surface area contributed by atoms with E-state index in [9.17, 15) is 9.18 Å². The van der Waals surface area contributed by atoms with Gasteiger partial charge in [0.05, 0.1) is 5.69 Å². The fourth-order valence-electron chi connectivity index (χ4n) is 2.68. The average molecular weight is 281 g/mol. The second-order valence-electron chi connectivity index (χ2n) is 5.62. The van der Waals surface area contributed by atoms with Crippen LogP contribution in [0.4, 0.5) is 10.1 Å². The van der Waals surface area contributed by atoms with E-state index in [4.69, 9.17) is 4.74 Å². The number of carbonyl (C=O) groups excluding carboxylic acids is 1. The first-order valence-electron chi connectivity index (χ1n) is 6.99. The summed E-state index contributed by atoms with van der Waals surface area (Å²) in [5.74, 6) is -0.555. The van der Waals surface area contributed by atoms with E-state index in [0.29, 0.717) is 6.54 Å². The smallest absolute Gasteiger partial charge is 0.279 e. The molecule has 2 atom stereocenters. The van der Waals surface area contributed by atoms with E-state index in [1.807, 2.05) is 20.8 Å². The fourth-order valence-corrected chi connectivity index (χ4v) is 2.68. The molecule has 4 nitrogen and oxygen atoms in total. The third kappa shape index (κ3) is 4.02. The minimum Gasteiger partial charge on any atom is -0.364 e. The van der Waals surface area contributed by atoms with Crippen molar-refractivity contribution in [2.45, 2.75) is 33.0 Å². The normalized spacial score (nSPS) is 26.3. The van der Waals surface area contributed by atoms with Gasteiger partial charge >= 0.3 is 0 Å². The van der Waals surface area contributed by atoms with E-state index in [0.717, 1.165) is 18.7 Å². The van der Waals surface area contributed by atoms with Crippen LogP contribution in [0.15, 0.2) is 18.2 Å². The molecule has 1 saturated heterocycles. The summed E-state index contributed by atoms with van der Waals surface area (Å²) in [4.78, 5) is 13.2. The molecular formula is C15H22FN2O2+. The quantitative estimate of drug-likeness (QED) is 0.859. The summed E-state index contributed by atoms with van der Waals surface area (Å²) >= 11 is 0. The third-order valence-corrected chi connectivity index (χ3v) is 3.43. The molecule has 110 valence electrons. The largest absolute Gasteiger partial charge is 0.364 e. The van der Waals surface area contributed by atoms with Gasteiger partial charge < -0.3 is 15.0 Å². The Bertz CT molecular complexity index is 483. The Hall–Kier alpha value is -1.46. The van der Waals surface area contributed by atoms with E-state index in [2.05, 4.69) is 5.32 Å². The van der Waals surface area contributed by atoms with Crippen LogP contribution in [0.25, 0.3) is 0 Å². The maximum absolute atomic E-state index is 13.7. The van der Waals surface area contributed by atoms with Gasteiger partial charge in [-0.1, -0.05) is 6.07 Å². The highest BCUT2D eigenvalue weighted by molar-refractivity contribution is 5.91. The summed E-state index contributed by atoms with van der Waals surface area (Å²) in [6.07, 6.45) is 0.301. The molecule has 1 aromatic rings. The summed E-state index contributed by atoms with van der Waals surface area (Å²) in [7, 11) is 0. The summed E-state index contributed by atoms with van der Waals surface area (Å²) < 4.78 is 19.3. The fraction of sp³-hybridized carbons (Fsp3) is 0.533. The lowest BCUT2D eigenvalue weighted by Crippen LogP contribution is -3.16. The second kappa shape index (κ2) is 6.33. The first-order chi connectivity index (χ1) is 9.44. The first kappa shape index (κ1) is 14.9. The van der Waals surface area contributed by atoms with Crippen LogP contribution in [0.2, 0.25) is 0 Å². The number of aryl methyl sites for hydroxylation is 1. The number of nitrogens with one attached hydrogen (secondary N) is 2. The summed E-state index contributed by atoms with van der Waals surface area (Å²) in [5, 5.41) is 2.64. The number of hydrogen-bond acceptors (Lipinski definition) is 2. The van der Waals surface area contributed by atoms with Crippen molar-refractivity contribution >= 4 is 11.6 Å². The van der Waals surface area contributed by atoms with E-state index in [1.165, 1.54) is 11.0 Å². The van der Waals surface area contributed by atoms with E-state index >= 15 is 0 Å². The van der Waals surface area contributed by atoms with Gasteiger partial charge in [-0.2, -0.15) is 0 Å². The second-order valence-corrected chi connectivity index (χ2v) is 5.62. The molecule has 5 heteroatoms.